The normalized spacial score (nSPS) is 10.1. The van der Waals surface area contributed by atoms with Crippen LogP contribution in [0.15, 0.2) is 24.3 Å². The number of nitrogens with one attached hydrogen (secondary N) is 1. The zero-order valence-electron chi connectivity index (χ0n) is 9.53. The second kappa shape index (κ2) is 7.17. The van der Waals surface area contributed by atoms with Gasteiger partial charge >= 0.3 is 0 Å². The maximum Gasteiger partial charge on any atom is 0.224 e. The Morgan fingerprint density at radius 1 is 1.38 bits per heavy atom. The lowest BCUT2D eigenvalue weighted by Gasteiger charge is -2.04. The Balaban J connectivity index is 2.26. The number of carbonyl (C=O) groups excluding carboxylic acids is 1. The summed E-state index contributed by atoms with van der Waals surface area (Å²) >= 11 is 1.79. The van der Waals surface area contributed by atoms with Crippen LogP contribution < -0.4 is 11.1 Å². The van der Waals surface area contributed by atoms with Gasteiger partial charge in [-0.25, -0.2) is 0 Å². The van der Waals surface area contributed by atoms with Gasteiger partial charge in [-0.2, -0.15) is 11.8 Å². The Hall–Kier alpha value is -1.16. The van der Waals surface area contributed by atoms with Crippen LogP contribution in [0.3, 0.4) is 0 Å². The monoisotopic (exact) mass is 238 g/mol. The fourth-order valence-corrected chi connectivity index (χ4v) is 1.76. The van der Waals surface area contributed by atoms with Crippen molar-refractivity contribution >= 4 is 23.4 Å². The van der Waals surface area contributed by atoms with Crippen molar-refractivity contribution in [3.05, 3.63) is 29.8 Å². The molecule has 1 rings (SSSR count). The molecule has 1 aromatic carbocycles. The van der Waals surface area contributed by atoms with E-state index in [9.17, 15) is 4.79 Å². The summed E-state index contributed by atoms with van der Waals surface area (Å²) in [4.78, 5) is 11.5. The first kappa shape index (κ1) is 12.9. The molecule has 1 amide bonds. The molecule has 3 nitrogen and oxygen atoms in total. The van der Waals surface area contributed by atoms with Crippen molar-refractivity contribution in [3.63, 3.8) is 0 Å². The highest BCUT2D eigenvalue weighted by atomic mass is 32.2. The van der Waals surface area contributed by atoms with E-state index in [2.05, 4.69) is 11.6 Å². The van der Waals surface area contributed by atoms with Crippen LogP contribution in [0.5, 0.6) is 0 Å². The van der Waals surface area contributed by atoms with Crippen molar-refractivity contribution in [1.29, 1.82) is 0 Å². The van der Waals surface area contributed by atoms with Crippen molar-refractivity contribution in [2.75, 3.05) is 24.3 Å². The van der Waals surface area contributed by atoms with Gasteiger partial charge in [0.25, 0.3) is 0 Å². The van der Waals surface area contributed by atoms with E-state index in [1.807, 2.05) is 24.3 Å². The third-order valence-electron chi connectivity index (χ3n) is 2.19. The molecule has 16 heavy (non-hydrogen) atoms. The maximum absolute atomic E-state index is 11.5. The van der Waals surface area contributed by atoms with Gasteiger partial charge in [0.1, 0.15) is 0 Å². The largest absolute Gasteiger partial charge is 0.399 e. The van der Waals surface area contributed by atoms with Gasteiger partial charge in [-0.3, -0.25) is 4.79 Å². The SMILES string of the molecule is CSCCCNC(=O)Cc1ccc(N)cc1. The molecule has 0 atom stereocenters. The van der Waals surface area contributed by atoms with E-state index in [4.69, 9.17) is 5.73 Å². The molecule has 0 saturated heterocycles. The van der Waals surface area contributed by atoms with Crippen LogP contribution in [0.1, 0.15) is 12.0 Å². The Morgan fingerprint density at radius 2 is 2.06 bits per heavy atom. The van der Waals surface area contributed by atoms with Crippen molar-refractivity contribution in [2.45, 2.75) is 12.8 Å². The zero-order chi connectivity index (χ0) is 11.8. The van der Waals surface area contributed by atoms with Gasteiger partial charge in [0.05, 0.1) is 6.42 Å². The molecule has 0 fully saturated rings. The van der Waals surface area contributed by atoms with Crippen LogP contribution in [-0.2, 0) is 11.2 Å². The molecule has 0 radical (unpaired) electrons. The number of nitrogens with two attached hydrogens (primary N) is 1. The molecule has 0 heterocycles. The number of benzene rings is 1. The number of anilines is 1. The maximum atomic E-state index is 11.5. The molecule has 1 aromatic rings. The summed E-state index contributed by atoms with van der Waals surface area (Å²) < 4.78 is 0. The topological polar surface area (TPSA) is 55.1 Å². The van der Waals surface area contributed by atoms with Crippen molar-refractivity contribution in [1.82, 2.24) is 5.32 Å². The average molecular weight is 238 g/mol. The van der Waals surface area contributed by atoms with Crippen molar-refractivity contribution in [2.24, 2.45) is 0 Å². The molecule has 0 saturated carbocycles. The molecule has 0 aliphatic carbocycles. The van der Waals surface area contributed by atoms with E-state index in [0.29, 0.717) is 6.42 Å². The molecule has 0 aliphatic rings. The molecule has 4 heteroatoms. The number of carbonyl (C=O) groups is 1. The summed E-state index contributed by atoms with van der Waals surface area (Å²) in [5.74, 6) is 1.16. The Bertz CT molecular complexity index is 324. The number of rotatable bonds is 6. The fraction of sp³-hybridized carbons (Fsp3) is 0.417. The standard InChI is InChI=1S/C12H18N2OS/c1-16-8-2-7-14-12(15)9-10-3-5-11(13)6-4-10/h3-6H,2,7-9,13H2,1H3,(H,14,15). The highest BCUT2D eigenvalue weighted by Crippen LogP contribution is 2.05. The van der Waals surface area contributed by atoms with Crippen molar-refractivity contribution < 1.29 is 4.79 Å². The molecule has 88 valence electrons. The molecular weight excluding hydrogens is 220 g/mol. The van der Waals surface area contributed by atoms with Crippen LogP contribution in [0.2, 0.25) is 0 Å². The molecule has 0 aromatic heterocycles. The Morgan fingerprint density at radius 3 is 2.69 bits per heavy atom. The van der Waals surface area contributed by atoms with Gasteiger partial charge in [-0.15, -0.1) is 0 Å². The van der Waals surface area contributed by atoms with Crippen LogP contribution in [0.4, 0.5) is 5.69 Å². The van der Waals surface area contributed by atoms with E-state index in [0.717, 1.165) is 30.0 Å². The van der Waals surface area contributed by atoms with Crippen LogP contribution in [0.25, 0.3) is 0 Å². The van der Waals surface area contributed by atoms with Gasteiger partial charge in [0.15, 0.2) is 0 Å². The first-order valence-electron chi connectivity index (χ1n) is 5.32. The lowest BCUT2D eigenvalue weighted by atomic mass is 10.1. The Kier molecular flexibility index (Phi) is 5.78. The van der Waals surface area contributed by atoms with E-state index in [-0.39, 0.29) is 5.91 Å². The van der Waals surface area contributed by atoms with Gasteiger partial charge in [-0.05, 0) is 36.1 Å². The summed E-state index contributed by atoms with van der Waals surface area (Å²) in [5.41, 5.74) is 7.29. The predicted octanol–water partition coefficient (Wildman–Crippen LogP) is 1.68. The summed E-state index contributed by atoms with van der Waals surface area (Å²) in [5, 5.41) is 2.90. The second-order valence-corrected chi connectivity index (χ2v) is 4.60. The Labute approximate surface area is 101 Å². The summed E-state index contributed by atoms with van der Waals surface area (Å²) in [6.07, 6.45) is 3.52. The number of nitrogen functional groups attached to an aromatic ring is 1. The first-order chi connectivity index (χ1) is 7.72. The molecule has 0 unspecified atom stereocenters. The smallest absolute Gasteiger partial charge is 0.224 e. The number of hydrogen-bond acceptors (Lipinski definition) is 3. The molecule has 0 aliphatic heterocycles. The van der Waals surface area contributed by atoms with Gasteiger partial charge < -0.3 is 11.1 Å². The minimum Gasteiger partial charge on any atom is -0.399 e. The minimum absolute atomic E-state index is 0.0749. The van der Waals surface area contributed by atoms with E-state index in [1.165, 1.54) is 0 Å². The number of thioether (sulfide) groups is 1. The van der Waals surface area contributed by atoms with E-state index >= 15 is 0 Å². The first-order valence-corrected chi connectivity index (χ1v) is 6.72. The number of hydrogen-bond donors (Lipinski definition) is 2. The lowest BCUT2D eigenvalue weighted by molar-refractivity contribution is -0.120. The summed E-state index contributed by atoms with van der Waals surface area (Å²) in [6.45, 7) is 0.759. The minimum atomic E-state index is 0.0749. The van der Waals surface area contributed by atoms with Crippen LogP contribution in [0, 0.1) is 0 Å². The summed E-state index contributed by atoms with van der Waals surface area (Å²) in [7, 11) is 0. The average Bonchev–Trinajstić information content (AvgIpc) is 2.28. The molecule has 0 bridgehead atoms. The van der Waals surface area contributed by atoms with Gasteiger partial charge in [0, 0.05) is 12.2 Å². The quantitative estimate of drug-likeness (QED) is 0.585. The van der Waals surface area contributed by atoms with Gasteiger partial charge in [-0.1, -0.05) is 12.1 Å². The number of amides is 1. The summed E-state index contributed by atoms with van der Waals surface area (Å²) in [6, 6.07) is 7.40. The highest BCUT2D eigenvalue weighted by molar-refractivity contribution is 7.98. The second-order valence-electron chi connectivity index (χ2n) is 3.61. The van der Waals surface area contributed by atoms with Crippen LogP contribution in [-0.4, -0.2) is 24.5 Å². The van der Waals surface area contributed by atoms with Gasteiger partial charge in [0.2, 0.25) is 5.91 Å². The van der Waals surface area contributed by atoms with E-state index < -0.39 is 0 Å². The van der Waals surface area contributed by atoms with E-state index in [1.54, 1.807) is 11.8 Å². The van der Waals surface area contributed by atoms with Crippen LogP contribution >= 0.6 is 11.8 Å². The third-order valence-corrected chi connectivity index (χ3v) is 2.89. The highest BCUT2D eigenvalue weighted by Gasteiger charge is 2.01. The lowest BCUT2D eigenvalue weighted by Crippen LogP contribution is -2.26. The van der Waals surface area contributed by atoms with Crippen molar-refractivity contribution in [3.8, 4) is 0 Å². The molecular formula is C12H18N2OS. The third kappa shape index (κ3) is 5.07. The molecule has 3 N–H and O–H groups in total. The zero-order valence-corrected chi connectivity index (χ0v) is 10.3. The molecule has 0 spiro atoms. The fourth-order valence-electron chi connectivity index (χ4n) is 1.33. The predicted molar refractivity (Wildman–Crippen MR) is 70.6 cm³/mol.